The molecule has 0 spiro atoms. The Bertz CT molecular complexity index is 502. The van der Waals surface area contributed by atoms with Crippen molar-refractivity contribution >= 4 is 16.0 Å². The number of nitrogens with one attached hydrogen (secondary N) is 1. The van der Waals surface area contributed by atoms with Crippen molar-refractivity contribution in [1.82, 2.24) is 4.83 Å². The second-order valence-electron chi connectivity index (χ2n) is 2.84. The number of hydrogen-bond donors (Lipinski definition) is 3. The molecule has 4 N–H and O–H groups in total. The molecule has 15 heavy (non-hydrogen) atoms. The zero-order valence-electron chi connectivity index (χ0n) is 8.07. The lowest BCUT2D eigenvalue weighted by molar-refractivity contribution is 0.0691. The van der Waals surface area contributed by atoms with Gasteiger partial charge in [-0.2, -0.15) is 0 Å². The molecule has 0 aliphatic carbocycles. The summed E-state index contributed by atoms with van der Waals surface area (Å²) in [4.78, 5) is 11.9. The number of nitrogens with two attached hydrogens (primary N) is 1. The number of carboxylic acid groups (broad SMARTS) is 1. The smallest absolute Gasteiger partial charge is 0.340 e. The maximum Gasteiger partial charge on any atom is 0.340 e. The lowest BCUT2D eigenvalue weighted by Gasteiger charge is -2.01. The number of furan rings is 1. The normalized spacial score (nSPS) is 11.7. The highest BCUT2D eigenvalue weighted by Gasteiger charge is 2.29. The van der Waals surface area contributed by atoms with E-state index in [0.29, 0.717) is 0 Å². The maximum absolute atomic E-state index is 11.4. The SMILES string of the molecule is Cc1oc(C)c(S(=O)(=O)NN)c1C(=O)O. The van der Waals surface area contributed by atoms with Crippen LogP contribution in [0.1, 0.15) is 21.9 Å². The molecule has 0 saturated heterocycles. The van der Waals surface area contributed by atoms with E-state index in [0.717, 1.165) is 0 Å². The molecule has 0 aromatic carbocycles. The molecule has 1 heterocycles. The Kier molecular flexibility index (Phi) is 2.84. The van der Waals surface area contributed by atoms with Crippen molar-refractivity contribution in [2.24, 2.45) is 5.84 Å². The molecule has 0 aliphatic heterocycles. The minimum atomic E-state index is -4.03. The van der Waals surface area contributed by atoms with Gasteiger partial charge in [0.05, 0.1) is 0 Å². The molecule has 0 aliphatic rings. The van der Waals surface area contributed by atoms with E-state index >= 15 is 0 Å². The van der Waals surface area contributed by atoms with Gasteiger partial charge in [-0.05, 0) is 13.8 Å². The van der Waals surface area contributed by atoms with E-state index in [1.807, 2.05) is 0 Å². The largest absolute Gasteiger partial charge is 0.478 e. The lowest BCUT2D eigenvalue weighted by atomic mass is 10.2. The van der Waals surface area contributed by atoms with Crippen LogP contribution in [-0.2, 0) is 10.0 Å². The second kappa shape index (κ2) is 3.65. The molecule has 84 valence electrons. The monoisotopic (exact) mass is 234 g/mol. The molecule has 0 unspecified atom stereocenters. The first-order valence-electron chi connectivity index (χ1n) is 3.87. The molecule has 0 amide bonds. The van der Waals surface area contributed by atoms with Gasteiger partial charge in [0.1, 0.15) is 22.0 Å². The van der Waals surface area contributed by atoms with Crippen LogP contribution in [0.5, 0.6) is 0 Å². The van der Waals surface area contributed by atoms with Gasteiger partial charge in [-0.25, -0.2) is 13.2 Å². The van der Waals surface area contributed by atoms with Crippen LogP contribution in [0.4, 0.5) is 0 Å². The van der Waals surface area contributed by atoms with Crippen LogP contribution in [0.3, 0.4) is 0 Å². The summed E-state index contributed by atoms with van der Waals surface area (Å²) in [5, 5.41) is 8.83. The molecule has 0 fully saturated rings. The summed E-state index contributed by atoms with van der Waals surface area (Å²) in [6.45, 7) is 2.72. The average Bonchev–Trinajstić information content (AvgIpc) is 2.41. The number of carbonyl (C=O) groups is 1. The molecule has 1 rings (SSSR count). The topological polar surface area (TPSA) is 123 Å². The van der Waals surface area contributed by atoms with Crippen LogP contribution in [0, 0.1) is 13.8 Å². The standard InChI is InChI=1S/C7H10N2O5S/c1-3-5(7(10)11)6(4(2)14-3)15(12,13)9-8/h9H,8H2,1-2H3,(H,10,11). The van der Waals surface area contributed by atoms with Crippen molar-refractivity contribution < 1.29 is 22.7 Å². The third-order valence-corrected chi connectivity index (χ3v) is 3.18. The Morgan fingerprint density at radius 1 is 1.40 bits per heavy atom. The van der Waals surface area contributed by atoms with E-state index in [4.69, 9.17) is 15.4 Å². The summed E-state index contributed by atoms with van der Waals surface area (Å²) in [6.07, 6.45) is 0. The quantitative estimate of drug-likeness (QED) is 0.489. The molecule has 0 bridgehead atoms. The highest BCUT2D eigenvalue weighted by Crippen LogP contribution is 2.25. The summed E-state index contributed by atoms with van der Waals surface area (Å²) in [7, 11) is -4.03. The van der Waals surface area contributed by atoms with Crippen molar-refractivity contribution in [2.45, 2.75) is 18.7 Å². The maximum atomic E-state index is 11.4. The summed E-state index contributed by atoms with van der Waals surface area (Å²) in [5.41, 5.74) is -0.398. The zero-order valence-corrected chi connectivity index (χ0v) is 8.88. The molecular weight excluding hydrogens is 224 g/mol. The van der Waals surface area contributed by atoms with Gasteiger partial charge in [0.25, 0.3) is 10.0 Å². The number of carboxylic acids is 1. The summed E-state index contributed by atoms with van der Waals surface area (Å²) in [6, 6.07) is 0. The van der Waals surface area contributed by atoms with Crippen LogP contribution in [0.15, 0.2) is 9.31 Å². The molecule has 0 radical (unpaired) electrons. The number of rotatable bonds is 3. The third kappa shape index (κ3) is 1.87. The van der Waals surface area contributed by atoms with Gasteiger partial charge < -0.3 is 9.52 Å². The lowest BCUT2D eigenvalue weighted by Crippen LogP contribution is -2.31. The zero-order chi connectivity index (χ0) is 11.8. The Hall–Kier alpha value is -1.38. The average molecular weight is 234 g/mol. The number of aryl methyl sites for hydroxylation is 2. The van der Waals surface area contributed by atoms with Crippen molar-refractivity contribution in [3.63, 3.8) is 0 Å². The van der Waals surface area contributed by atoms with Gasteiger partial charge >= 0.3 is 5.97 Å². The first-order chi connectivity index (χ1) is 6.81. The summed E-state index contributed by atoms with van der Waals surface area (Å²) < 4.78 is 27.7. The Labute approximate surface area is 85.9 Å². The summed E-state index contributed by atoms with van der Waals surface area (Å²) >= 11 is 0. The molecular formula is C7H10N2O5S. The molecule has 1 aromatic heterocycles. The van der Waals surface area contributed by atoms with Gasteiger partial charge in [-0.3, -0.25) is 5.84 Å². The van der Waals surface area contributed by atoms with Crippen molar-refractivity contribution in [3.05, 3.63) is 17.1 Å². The van der Waals surface area contributed by atoms with Gasteiger partial charge in [0.2, 0.25) is 0 Å². The third-order valence-electron chi connectivity index (χ3n) is 1.84. The number of aromatic carboxylic acids is 1. The van der Waals surface area contributed by atoms with E-state index in [9.17, 15) is 13.2 Å². The van der Waals surface area contributed by atoms with Crippen molar-refractivity contribution in [1.29, 1.82) is 0 Å². The first-order valence-corrected chi connectivity index (χ1v) is 5.35. The van der Waals surface area contributed by atoms with Gasteiger partial charge in [0, 0.05) is 0 Å². The Balaban J connectivity index is 3.61. The Morgan fingerprint density at radius 2 is 1.93 bits per heavy atom. The fraction of sp³-hybridized carbons (Fsp3) is 0.286. The first kappa shape index (κ1) is 11.7. The molecule has 7 nitrogen and oxygen atoms in total. The molecule has 0 saturated carbocycles. The van der Waals surface area contributed by atoms with Gasteiger partial charge in [-0.1, -0.05) is 0 Å². The molecule has 0 atom stereocenters. The second-order valence-corrected chi connectivity index (χ2v) is 4.50. The minimum absolute atomic E-state index is 0.0112. The number of hydrogen-bond acceptors (Lipinski definition) is 5. The van der Waals surface area contributed by atoms with E-state index in [-0.39, 0.29) is 11.5 Å². The summed E-state index contributed by atoms with van der Waals surface area (Å²) in [5.74, 6) is 3.45. The van der Waals surface area contributed by atoms with Crippen LogP contribution in [-0.4, -0.2) is 19.5 Å². The van der Waals surface area contributed by atoms with Crippen molar-refractivity contribution in [3.8, 4) is 0 Å². The highest BCUT2D eigenvalue weighted by atomic mass is 32.2. The fourth-order valence-corrected chi connectivity index (χ4v) is 2.33. The Morgan fingerprint density at radius 3 is 2.33 bits per heavy atom. The molecule has 8 heteroatoms. The van der Waals surface area contributed by atoms with E-state index in [1.54, 1.807) is 4.83 Å². The predicted molar refractivity (Wildman–Crippen MR) is 49.7 cm³/mol. The van der Waals surface area contributed by atoms with Crippen LogP contribution < -0.4 is 10.7 Å². The van der Waals surface area contributed by atoms with Gasteiger partial charge in [-0.15, -0.1) is 4.83 Å². The van der Waals surface area contributed by atoms with Crippen LogP contribution >= 0.6 is 0 Å². The van der Waals surface area contributed by atoms with E-state index < -0.39 is 26.5 Å². The highest BCUT2D eigenvalue weighted by molar-refractivity contribution is 7.89. The number of hydrazine groups is 1. The molecule has 1 aromatic rings. The van der Waals surface area contributed by atoms with Crippen molar-refractivity contribution in [2.75, 3.05) is 0 Å². The minimum Gasteiger partial charge on any atom is -0.478 e. The predicted octanol–water partition coefficient (Wildman–Crippen LogP) is -0.253. The van der Waals surface area contributed by atoms with E-state index in [2.05, 4.69) is 0 Å². The van der Waals surface area contributed by atoms with Crippen LogP contribution in [0.2, 0.25) is 0 Å². The van der Waals surface area contributed by atoms with Crippen LogP contribution in [0.25, 0.3) is 0 Å². The van der Waals surface area contributed by atoms with E-state index in [1.165, 1.54) is 13.8 Å². The fourth-order valence-electron chi connectivity index (χ4n) is 1.29. The number of sulfonamides is 1. The van der Waals surface area contributed by atoms with Gasteiger partial charge in [0.15, 0.2) is 0 Å².